The second kappa shape index (κ2) is 14.1. The van der Waals surface area contributed by atoms with E-state index in [0.29, 0.717) is 57.5 Å². The molecule has 1 N–H and O–H groups in total. The van der Waals surface area contributed by atoms with Gasteiger partial charge in [-0.3, -0.25) is 14.6 Å². The SMILES string of the molecule is Cc1ccc(C(=O)N(CCN2CCOCC2)CC2CN(CC(O)COCC(C)C)CCO2)cc1. The smallest absolute Gasteiger partial charge is 0.253 e. The predicted octanol–water partition coefficient (Wildman–Crippen LogP) is 1.50. The van der Waals surface area contributed by atoms with E-state index in [0.717, 1.165) is 45.0 Å². The van der Waals surface area contributed by atoms with Gasteiger partial charge in [0.1, 0.15) is 0 Å². The molecule has 0 spiro atoms. The van der Waals surface area contributed by atoms with Crippen LogP contribution in [0.25, 0.3) is 0 Å². The van der Waals surface area contributed by atoms with Gasteiger partial charge < -0.3 is 24.2 Å². The van der Waals surface area contributed by atoms with E-state index >= 15 is 0 Å². The maximum Gasteiger partial charge on any atom is 0.253 e. The van der Waals surface area contributed by atoms with Gasteiger partial charge >= 0.3 is 0 Å². The zero-order chi connectivity index (χ0) is 24.3. The van der Waals surface area contributed by atoms with Gasteiger partial charge in [-0.25, -0.2) is 0 Å². The summed E-state index contributed by atoms with van der Waals surface area (Å²) in [4.78, 5) is 19.9. The van der Waals surface area contributed by atoms with Crippen LogP contribution in [0.1, 0.15) is 29.8 Å². The van der Waals surface area contributed by atoms with Gasteiger partial charge in [0.05, 0.1) is 38.6 Å². The van der Waals surface area contributed by atoms with Gasteiger partial charge in [0.2, 0.25) is 0 Å². The molecular formula is C26H43N3O5. The van der Waals surface area contributed by atoms with Crippen molar-refractivity contribution in [3.8, 4) is 0 Å². The Hall–Kier alpha value is -1.55. The summed E-state index contributed by atoms with van der Waals surface area (Å²) in [5, 5.41) is 10.4. The number of benzene rings is 1. The van der Waals surface area contributed by atoms with Crippen molar-refractivity contribution in [1.82, 2.24) is 14.7 Å². The molecule has 0 radical (unpaired) electrons. The maximum atomic E-state index is 13.4. The summed E-state index contributed by atoms with van der Waals surface area (Å²) in [6, 6.07) is 7.77. The van der Waals surface area contributed by atoms with Gasteiger partial charge in [0.25, 0.3) is 5.91 Å². The number of aliphatic hydroxyl groups is 1. The minimum absolute atomic E-state index is 0.0381. The van der Waals surface area contributed by atoms with Crippen LogP contribution in [0.4, 0.5) is 0 Å². The van der Waals surface area contributed by atoms with Crippen molar-refractivity contribution in [1.29, 1.82) is 0 Å². The number of amides is 1. The van der Waals surface area contributed by atoms with E-state index in [1.165, 1.54) is 0 Å². The highest BCUT2D eigenvalue weighted by molar-refractivity contribution is 5.94. The Balaban J connectivity index is 1.56. The summed E-state index contributed by atoms with van der Waals surface area (Å²) in [6.45, 7) is 15.1. The summed E-state index contributed by atoms with van der Waals surface area (Å²) in [5.74, 6) is 0.491. The molecule has 34 heavy (non-hydrogen) atoms. The number of β-amino-alcohol motifs (C(OH)–C–C–N with tert-alkyl or cyclic N) is 1. The highest BCUT2D eigenvalue weighted by Crippen LogP contribution is 2.13. The largest absolute Gasteiger partial charge is 0.389 e. The van der Waals surface area contributed by atoms with E-state index < -0.39 is 6.10 Å². The number of aryl methyl sites for hydroxylation is 1. The molecule has 2 atom stereocenters. The van der Waals surface area contributed by atoms with E-state index in [2.05, 4.69) is 23.6 Å². The van der Waals surface area contributed by atoms with Crippen molar-refractivity contribution >= 4 is 5.91 Å². The first kappa shape index (κ1) is 27.0. The third kappa shape index (κ3) is 9.24. The molecule has 3 rings (SSSR count). The molecule has 0 bridgehead atoms. The monoisotopic (exact) mass is 477 g/mol. The molecule has 2 fully saturated rings. The van der Waals surface area contributed by atoms with Crippen LogP contribution in [0.2, 0.25) is 0 Å². The van der Waals surface area contributed by atoms with Crippen molar-refractivity contribution in [2.45, 2.75) is 33.0 Å². The van der Waals surface area contributed by atoms with E-state index in [4.69, 9.17) is 14.2 Å². The Bertz CT molecular complexity index is 724. The van der Waals surface area contributed by atoms with Gasteiger partial charge in [-0.1, -0.05) is 31.5 Å². The quantitative estimate of drug-likeness (QED) is 0.489. The second-order valence-electron chi connectivity index (χ2n) is 9.91. The van der Waals surface area contributed by atoms with Crippen LogP contribution >= 0.6 is 0 Å². The lowest BCUT2D eigenvalue weighted by molar-refractivity contribution is -0.0604. The molecule has 0 saturated carbocycles. The third-order valence-electron chi connectivity index (χ3n) is 6.25. The average molecular weight is 478 g/mol. The van der Waals surface area contributed by atoms with Crippen LogP contribution < -0.4 is 0 Å². The number of carbonyl (C=O) groups excluding carboxylic acids is 1. The fourth-order valence-electron chi connectivity index (χ4n) is 4.33. The minimum atomic E-state index is -0.524. The number of carbonyl (C=O) groups is 1. The molecule has 192 valence electrons. The molecule has 2 saturated heterocycles. The Morgan fingerprint density at radius 2 is 1.82 bits per heavy atom. The molecule has 0 aromatic heterocycles. The van der Waals surface area contributed by atoms with Crippen molar-refractivity contribution < 1.29 is 24.1 Å². The van der Waals surface area contributed by atoms with Gasteiger partial charge in [0, 0.05) is 64.5 Å². The Morgan fingerprint density at radius 3 is 2.53 bits per heavy atom. The molecule has 2 aliphatic rings. The van der Waals surface area contributed by atoms with Crippen molar-refractivity contribution in [2.24, 2.45) is 5.92 Å². The fraction of sp³-hybridized carbons (Fsp3) is 0.731. The number of ether oxygens (including phenoxy) is 3. The van der Waals surface area contributed by atoms with Crippen LogP contribution in [0.3, 0.4) is 0 Å². The normalized spacial score (nSPS) is 21.0. The topological polar surface area (TPSA) is 74.7 Å². The first-order valence-corrected chi connectivity index (χ1v) is 12.7. The molecule has 8 nitrogen and oxygen atoms in total. The number of morpholine rings is 2. The molecular weight excluding hydrogens is 434 g/mol. The third-order valence-corrected chi connectivity index (χ3v) is 6.25. The number of rotatable bonds is 12. The van der Waals surface area contributed by atoms with Gasteiger partial charge in [-0.2, -0.15) is 0 Å². The number of nitrogens with zero attached hydrogens (tertiary/aromatic N) is 3. The predicted molar refractivity (Wildman–Crippen MR) is 132 cm³/mol. The molecule has 2 heterocycles. The molecule has 2 unspecified atom stereocenters. The van der Waals surface area contributed by atoms with E-state index in [1.807, 2.05) is 36.1 Å². The van der Waals surface area contributed by atoms with Crippen LogP contribution in [-0.2, 0) is 14.2 Å². The zero-order valence-electron chi connectivity index (χ0n) is 21.2. The van der Waals surface area contributed by atoms with Gasteiger partial charge in [-0.15, -0.1) is 0 Å². The maximum absolute atomic E-state index is 13.4. The highest BCUT2D eigenvalue weighted by atomic mass is 16.5. The molecule has 8 heteroatoms. The summed E-state index contributed by atoms with van der Waals surface area (Å²) in [5.41, 5.74) is 1.84. The van der Waals surface area contributed by atoms with E-state index in [-0.39, 0.29) is 12.0 Å². The van der Waals surface area contributed by atoms with Crippen LogP contribution in [0.5, 0.6) is 0 Å². The lowest BCUT2D eigenvalue weighted by Gasteiger charge is -2.37. The van der Waals surface area contributed by atoms with E-state index in [1.54, 1.807) is 0 Å². The average Bonchev–Trinajstić information content (AvgIpc) is 2.82. The van der Waals surface area contributed by atoms with Crippen LogP contribution in [0, 0.1) is 12.8 Å². The molecule has 2 aliphatic heterocycles. The van der Waals surface area contributed by atoms with E-state index in [9.17, 15) is 9.90 Å². The number of hydrogen-bond donors (Lipinski definition) is 1. The first-order chi connectivity index (χ1) is 16.4. The van der Waals surface area contributed by atoms with Gasteiger partial charge in [-0.05, 0) is 25.0 Å². The zero-order valence-corrected chi connectivity index (χ0v) is 21.2. The Labute approximate surface area is 204 Å². The number of aliphatic hydroxyl groups excluding tert-OH is 1. The minimum Gasteiger partial charge on any atom is -0.389 e. The molecule has 1 aromatic carbocycles. The van der Waals surface area contributed by atoms with Crippen molar-refractivity contribution in [3.63, 3.8) is 0 Å². The van der Waals surface area contributed by atoms with Crippen molar-refractivity contribution in [3.05, 3.63) is 35.4 Å². The molecule has 1 aromatic rings. The number of hydrogen-bond acceptors (Lipinski definition) is 7. The highest BCUT2D eigenvalue weighted by Gasteiger charge is 2.27. The summed E-state index contributed by atoms with van der Waals surface area (Å²) >= 11 is 0. The Kier molecular flexibility index (Phi) is 11.2. The molecule has 1 amide bonds. The lowest BCUT2D eigenvalue weighted by Crippen LogP contribution is -2.52. The Morgan fingerprint density at radius 1 is 1.12 bits per heavy atom. The van der Waals surface area contributed by atoms with Crippen LogP contribution in [-0.4, -0.2) is 123 Å². The molecule has 0 aliphatic carbocycles. The fourth-order valence-corrected chi connectivity index (χ4v) is 4.33. The summed E-state index contributed by atoms with van der Waals surface area (Å²) in [7, 11) is 0. The van der Waals surface area contributed by atoms with Crippen molar-refractivity contribution in [2.75, 3.05) is 85.4 Å². The van der Waals surface area contributed by atoms with Gasteiger partial charge in [0.15, 0.2) is 0 Å². The summed E-state index contributed by atoms with van der Waals surface area (Å²) in [6.07, 6.45) is -0.610. The lowest BCUT2D eigenvalue weighted by atomic mass is 10.1. The first-order valence-electron chi connectivity index (χ1n) is 12.7. The second-order valence-corrected chi connectivity index (χ2v) is 9.91. The van der Waals surface area contributed by atoms with Crippen LogP contribution in [0.15, 0.2) is 24.3 Å². The standard InChI is InChI=1S/C26H43N3O5/c1-21(2)19-33-20-24(30)16-28-12-15-34-25(17-28)18-29(9-8-27-10-13-32-14-11-27)26(31)23-6-4-22(3)5-7-23/h4-7,21,24-25,30H,8-20H2,1-3H3. The summed E-state index contributed by atoms with van der Waals surface area (Å²) < 4.78 is 17.1.